The van der Waals surface area contributed by atoms with Crippen molar-refractivity contribution < 1.29 is 19.1 Å². The maximum absolute atomic E-state index is 12.4. The van der Waals surface area contributed by atoms with E-state index >= 15 is 0 Å². The van der Waals surface area contributed by atoms with Crippen LogP contribution in [0, 0.1) is 11.8 Å². The highest BCUT2D eigenvalue weighted by Crippen LogP contribution is 2.21. The smallest absolute Gasteiger partial charge is 0.355 e. The zero-order chi connectivity index (χ0) is 19.3. The third kappa shape index (κ3) is 5.25. The van der Waals surface area contributed by atoms with E-state index in [0.29, 0.717) is 36.4 Å². The first-order valence-corrected chi connectivity index (χ1v) is 8.91. The van der Waals surface area contributed by atoms with Gasteiger partial charge < -0.3 is 19.4 Å². The van der Waals surface area contributed by atoms with E-state index < -0.39 is 5.97 Å². The van der Waals surface area contributed by atoms with Crippen LogP contribution in [0.5, 0.6) is 5.75 Å². The number of ether oxygens (including phenoxy) is 2. The number of esters is 1. The van der Waals surface area contributed by atoms with E-state index in [4.69, 9.17) is 9.47 Å². The van der Waals surface area contributed by atoms with E-state index in [1.807, 2.05) is 18.2 Å². The van der Waals surface area contributed by atoms with Crippen LogP contribution in [-0.2, 0) is 9.53 Å². The van der Waals surface area contributed by atoms with Gasteiger partial charge in [0.25, 0.3) is 5.91 Å². The zero-order valence-electron chi connectivity index (χ0n) is 16.2. The van der Waals surface area contributed by atoms with Crippen LogP contribution in [-0.4, -0.2) is 48.6 Å². The van der Waals surface area contributed by atoms with Crippen LogP contribution in [0.1, 0.15) is 38.2 Å². The number of fused-ring (bicyclic) bond motifs is 1. The van der Waals surface area contributed by atoms with E-state index in [2.05, 4.69) is 32.7 Å². The molecule has 0 unspecified atom stereocenters. The summed E-state index contributed by atoms with van der Waals surface area (Å²) in [4.78, 5) is 29.5. The van der Waals surface area contributed by atoms with E-state index in [1.54, 1.807) is 18.1 Å². The number of carbonyl (C=O) groups is 2. The van der Waals surface area contributed by atoms with E-state index in [0.717, 1.165) is 10.9 Å². The van der Waals surface area contributed by atoms with E-state index in [-0.39, 0.29) is 12.5 Å². The molecule has 1 N–H and O–H groups in total. The summed E-state index contributed by atoms with van der Waals surface area (Å²) < 4.78 is 10.4. The molecule has 142 valence electrons. The fourth-order valence-corrected chi connectivity index (χ4v) is 2.80. The lowest BCUT2D eigenvalue weighted by molar-refractivity contribution is -0.135. The van der Waals surface area contributed by atoms with Crippen molar-refractivity contribution in [3.05, 3.63) is 30.0 Å². The molecule has 1 aromatic heterocycles. The summed E-state index contributed by atoms with van der Waals surface area (Å²) in [6.45, 7) is 9.30. The highest BCUT2D eigenvalue weighted by Gasteiger charge is 2.19. The molecule has 0 aliphatic rings. The molecule has 0 spiro atoms. The third-order valence-electron chi connectivity index (χ3n) is 3.90. The second-order valence-corrected chi connectivity index (χ2v) is 7.30. The quantitative estimate of drug-likeness (QED) is 0.732. The molecule has 0 bridgehead atoms. The number of hydrogen-bond donors (Lipinski definition) is 1. The number of nitrogens with one attached hydrogen (secondary N) is 1. The van der Waals surface area contributed by atoms with Gasteiger partial charge in [0.05, 0.1) is 7.11 Å². The summed E-state index contributed by atoms with van der Waals surface area (Å²) in [6.07, 6.45) is 0. The molecule has 2 aromatic rings. The minimum Gasteiger partial charge on any atom is -0.497 e. The number of rotatable bonds is 8. The molecule has 0 aliphatic heterocycles. The number of carbonyl (C=O) groups excluding carboxylic acids is 2. The number of aromatic nitrogens is 1. The Labute approximate surface area is 154 Å². The fraction of sp³-hybridized carbons (Fsp3) is 0.500. The van der Waals surface area contributed by atoms with Crippen molar-refractivity contribution in [2.75, 3.05) is 26.8 Å². The Balaban J connectivity index is 2.01. The van der Waals surface area contributed by atoms with Gasteiger partial charge in [-0.05, 0) is 30.0 Å². The Morgan fingerprint density at radius 3 is 2.31 bits per heavy atom. The molecule has 6 nitrogen and oxygen atoms in total. The van der Waals surface area contributed by atoms with Gasteiger partial charge in [0.2, 0.25) is 0 Å². The molecule has 26 heavy (non-hydrogen) atoms. The third-order valence-corrected chi connectivity index (χ3v) is 3.90. The molecule has 0 saturated carbocycles. The number of methoxy groups -OCH3 is 1. The number of hydrogen-bond acceptors (Lipinski definition) is 4. The van der Waals surface area contributed by atoms with Crippen LogP contribution in [0.15, 0.2) is 24.3 Å². The average molecular weight is 360 g/mol. The Bertz CT molecular complexity index is 754. The Kier molecular flexibility index (Phi) is 6.66. The molecule has 0 saturated heterocycles. The Hall–Kier alpha value is -2.50. The zero-order valence-corrected chi connectivity index (χ0v) is 16.2. The van der Waals surface area contributed by atoms with Crippen molar-refractivity contribution >= 4 is 22.8 Å². The Morgan fingerprint density at radius 1 is 1.08 bits per heavy atom. The summed E-state index contributed by atoms with van der Waals surface area (Å²) in [5, 5.41) is 0.880. The summed E-state index contributed by atoms with van der Waals surface area (Å²) >= 11 is 0. The second kappa shape index (κ2) is 8.74. The predicted octanol–water partition coefficient (Wildman–Crippen LogP) is 3.47. The Morgan fingerprint density at radius 2 is 1.73 bits per heavy atom. The lowest BCUT2D eigenvalue weighted by Gasteiger charge is -2.26. The largest absolute Gasteiger partial charge is 0.497 e. The highest BCUT2D eigenvalue weighted by molar-refractivity contribution is 5.96. The first-order valence-electron chi connectivity index (χ1n) is 8.91. The molecular weight excluding hydrogens is 332 g/mol. The van der Waals surface area contributed by atoms with Crippen molar-refractivity contribution in [2.45, 2.75) is 27.7 Å². The van der Waals surface area contributed by atoms with Crippen molar-refractivity contribution in [3.63, 3.8) is 0 Å². The summed E-state index contributed by atoms with van der Waals surface area (Å²) in [5.74, 6) is 0.711. The van der Waals surface area contributed by atoms with Gasteiger partial charge in [0, 0.05) is 30.1 Å². The molecule has 0 atom stereocenters. The minimum atomic E-state index is -0.539. The summed E-state index contributed by atoms with van der Waals surface area (Å²) in [6, 6.07) is 7.20. The van der Waals surface area contributed by atoms with Gasteiger partial charge in [-0.25, -0.2) is 4.79 Å². The molecule has 6 heteroatoms. The second-order valence-electron chi connectivity index (χ2n) is 7.30. The molecule has 1 amide bonds. The maximum Gasteiger partial charge on any atom is 0.355 e. The van der Waals surface area contributed by atoms with Gasteiger partial charge in [0.15, 0.2) is 6.61 Å². The minimum absolute atomic E-state index is 0.168. The van der Waals surface area contributed by atoms with Crippen molar-refractivity contribution in [3.8, 4) is 5.75 Å². The van der Waals surface area contributed by atoms with E-state index in [9.17, 15) is 9.59 Å². The van der Waals surface area contributed by atoms with Crippen molar-refractivity contribution in [1.29, 1.82) is 0 Å². The van der Waals surface area contributed by atoms with Crippen LogP contribution in [0.3, 0.4) is 0 Å². The van der Waals surface area contributed by atoms with Gasteiger partial charge in [-0.15, -0.1) is 0 Å². The number of benzene rings is 1. The summed E-state index contributed by atoms with van der Waals surface area (Å²) in [5.41, 5.74) is 1.10. The summed E-state index contributed by atoms with van der Waals surface area (Å²) in [7, 11) is 1.59. The van der Waals surface area contributed by atoms with Gasteiger partial charge in [-0.1, -0.05) is 27.7 Å². The molecule has 0 fully saturated rings. The first-order chi connectivity index (χ1) is 12.3. The van der Waals surface area contributed by atoms with Crippen LogP contribution < -0.4 is 4.74 Å². The van der Waals surface area contributed by atoms with Crippen LogP contribution >= 0.6 is 0 Å². The normalized spacial score (nSPS) is 11.2. The maximum atomic E-state index is 12.4. The lowest BCUT2D eigenvalue weighted by atomic mass is 10.1. The SMILES string of the molecule is COc1ccc2cc(C(=O)OCC(=O)N(CC(C)C)CC(C)C)[nH]c2c1. The average Bonchev–Trinajstić information content (AvgIpc) is 3.01. The van der Waals surface area contributed by atoms with Crippen LogP contribution in [0.4, 0.5) is 0 Å². The van der Waals surface area contributed by atoms with Gasteiger partial charge in [0.1, 0.15) is 11.4 Å². The van der Waals surface area contributed by atoms with Crippen molar-refractivity contribution in [2.24, 2.45) is 11.8 Å². The molecular formula is C20H28N2O4. The monoisotopic (exact) mass is 360 g/mol. The van der Waals surface area contributed by atoms with Crippen LogP contribution in [0.25, 0.3) is 10.9 Å². The van der Waals surface area contributed by atoms with Crippen LogP contribution in [0.2, 0.25) is 0 Å². The van der Waals surface area contributed by atoms with E-state index in [1.165, 1.54) is 0 Å². The van der Waals surface area contributed by atoms with Crippen molar-refractivity contribution in [1.82, 2.24) is 9.88 Å². The molecule has 1 heterocycles. The molecule has 0 aliphatic carbocycles. The number of amides is 1. The standard InChI is InChI=1S/C20H28N2O4/c1-13(2)10-22(11-14(3)4)19(23)12-26-20(24)18-8-15-6-7-16(25-5)9-17(15)21-18/h6-9,13-14,21H,10-12H2,1-5H3. The topological polar surface area (TPSA) is 71.6 Å². The predicted molar refractivity (Wildman–Crippen MR) is 101 cm³/mol. The fourth-order valence-electron chi connectivity index (χ4n) is 2.80. The highest BCUT2D eigenvalue weighted by atomic mass is 16.5. The number of nitrogens with zero attached hydrogens (tertiary/aromatic N) is 1. The lowest BCUT2D eigenvalue weighted by Crippen LogP contribution is -2.39. The number of H-pyrrole nitrogens is 1. The van der Waals surface area contributed by atoms with Gasteiger partial charge >= 0.3 is 5.97 Å². The van der Waals surface area contributed by atoms with Gasteiger partial charge in [-0.3, -0.25) is 4.79 Å². The first kappa shape index (κ1) is 19.8. The molecule has 2 rings (SSSR count). The van der Waals surface area contributed by atoms with Gasteiger partial charge in [-0.2, -0.15) is 0 Å². The number of aromatic amines is 1. The molecule has 0 radical (unpaired) electrons. The molecule has 1 aromatic carbocycles.